The van der Waals surface area contributed by atoms with Crippen molar-refractivity contribution >= 4 is 6.09 Å². The Labute approximate surface area is 79.8 Å². The Kier molecular flexibility index (Phi) is 4.65. The van der Waals surface area contributed by atoms with Gasteiger partial charge in [0.05, 0.1) is 6.61 Å². The number of hydrogen-bond acceptors (Lipinski definition) is 2. The van der Waals surface area contributed by atoms with E-state index in [0.29, 0.717) is 12.6 Å². The van der Waals surface area contributed by atoms with Gasteiger partial charge in [-0.25, -0.2) is 4.79 Å². The summed E-state index contributed by atoms with van der Waals surface area (Å²) in [5, 5.41) is 2.90. The molecule has 1 saturated carbocycles. The summed E-state index contributed by atoms with van der Waals surface area (Å²) in [6.07, 6.45) is 7.04. The van der Waals surface area contributed by atoms with E-state index in [1.54, 1.807) is 0 Å². The fourth-order valence-corrected chi connectivity index (χ4v) is 1.76. The maximum atomic E-state index is 11.1. The highest BCUT2D eigenvalue weighted by atomic mass is 16.5. The molecular formula is C10H19NO2. The molecule has 3 nitrogen and oxygen atoms in total. The molecule has 0 aromatic rings. The molecule has 1 aliphatic rings. The first-order valence-electron chi connectivity index (χ1n) is 5.26. The van der Waals surface area contributed by atoms with Crippen LogP contribution in [0.2, 0.25) is 0 Å². The third kappa shape index (κ3) is 4.15. The molecule has 1 aliphatic carbocycles. The lowest BCUT2D eigenvalue weighted by Gasteiger charge is -2.15. The van der Waals surface area contributed by atoms with E-state index in [1.165, 1.54) is 25.7 Å². The Morgan fingerprint density at radius 3 is 2.46 bits per heavy atom. The van der Waals surface area contributed by atoms with Crippen LogP contribution in [0.1, 0.15) is 45.4 Å². The van der Waals surface area contributed by atoms with E-state index in [-0.39, 0.29) is 6.09 Å². The fraction of sp³-hybridized carbons (Fsp3) is 0.900. The van der Waals surface area contributed by atoms with Crippen molar-refractivity contribution in [3.63, 3.8) is 0 Å². The van der Waals surface area contributed by atoms with Crippen LogP contribution >= 0.6 is 0 Å². The Bertz CT molecular complexity index is 151. The molecule has 0 unspecified atom stereocenters. The molecule has 0 radical (unpaired) electrons. The molecule has 0 atom stereocenters. The summed E-state index contributed by atoms with van der Waals surface area (Å²) in [5.41, 5.74) is 0. The van der Waals surface area contributed by atoms with Gasteiger partial charge in [0.25, 0.3) is 0 Å². The average molecular weight is 185 g/mol. The van der Waals surface area contributed by atoms with Gasteiger partial charge >= 0.3 is 6.09 Å². The number of carbonyl (C=O) groups is 1. The van der Waals surface area contributed by atoms with Crippen molar-refractivity contribution in [1.29, 1.82) is 0 Å². The molecule has 0 aromatic heterocycles. The molecule has 0 bridgehead atoms. The summed E-state index contributed by atoms with van der Waals surface area (Å²) >= 11 is 0. The quantitative estimate of drug-likeness (QED) is 0.671. The minimum atomic E-state index is -0.255. The summed E-state index contributed by atoms with van der Waals surface area (Å²) in [4.78, 5) is 11.1. The van der Waals surface area contributed by atoms with Gasteiger partial charge in [0, 0.05) is 6.04 Å². The first-order chi connectivity index (χ1) is 6.33. The van der Waals surface area contributed by atoms with Gasteiger partial charge in [0.2, 0.25) is 0 Å². The Hall–Kier alpha value is -0.730. The zero-order chi connectivity index (χ0) is 9.52. The van der Waals surface area contributed by atoms with Crippen molar-refractivity contribution in [3.8, 4) is 0 Å². The van der Waals surface area contributed by atoms with E-state index in [1.807, 2.05) is 6.92 Å². The van der Waals surface area contributed by atoms with E-state index in [4.69, 9.17) is 4.74 Å². The summed E-state index contributed by atoms with van der Waals surface area (Å²) in [5.74, 6) is 0. The number of alkyl carbamates (subject to hydrolysis) is 1. The Balaban J connectivity index is 2.21. The number of amides is 1. The minimum Gasteiger partial charge on any atom is -0.450 e. The molecule has 0 heterocycles. The normalized spacial score (nSPS) is 19.2. The highest BCUT2D eigenvalue weighted by Gasteiger charge is 2.14. The zero-order valence-corrected chi connectivity index (χ0v) is 8.34. The van der Waals surface area contributed by atoms with Crippen molar-refractivity contribution in [3.05, 3.63) is 0 Å². The lowest BCUT2D eigenvalue weighted by atomic mass is 10.1. The largest absolute Gasteiger partial charge is 0.450 e. The van der Waals surface area contributed by atoms with Crippen molar-refractivity contribution in [2.75, 3.05) is 6.61 Å². The van der Waals surface area contributed by atoms with Crippen LogP contribution < -0.4 is 5.32 Å². The maximum Gasteiger partial charge on any atom is 0.407 e. The van der Waals surface area contributed by atoms with Crippen molar-refractivity contribution < 1.29 is 9.53 Å². The standard InChI is InChI=1S/C10H19NO2/c1-2-13-10(12)11-9-7-5-3-4-6-8-9/h9H,2-8H2,1H3,(H,11,12). The van der Waals surface area contributed by atoms with E-state index in [2.05, 4.69) is 5.32 Å². The summed E-state index contributed by atoms with van der Waals surface area (Å²) < 4.78 is 4.84. The molecule has 0 aromatic carbocycles. The highest BCUT2D eigenvalue weighted by Crippen LogP contribution is 2.17. The first-order valence-corrected chi connectivity index (χ1v) is 5.26. The van der Waals surface area contributed by atoms with Crippen LogP contribution in [0, 0.1) is 0 Å². The summed E-state index contributed by atoms with van der Waals surface area (Å²) in [6.45, 7) is 2.28. The molecule has 1 fully saturated rings. The molecule has 0 spiro atoms. The maximum absolute atomic E-state index is 11.1. The Morgan fingerprint density at radius 1 is 1.31 bits per heavy atom. The van der Waals surface area contributed by atoms with Gasteiger partial charge in [0.15, 0.2) is 0 Å². The predicted octanol–water partition coefficient (Wildman–Crippen LogP) is 2.46. The molecule has 1 rings (SSSR count). The number of ether oxygens (including phenoxy) is 1. The van der Waals surface area contributed by atoms with Crippen LogP contribution in [0.15, 0.2) is 0 Å². The van der Waals surface area contributed by atoms with Gasteiger partial charge < -0.3 is 10.1 Å². The van der Waals surface area contributed by atoms with Gasteiger partial charge in [-0.1, -0.05) is 25.7 Å². The van der Waals surface area contributed by atoms with Crippen LogP contribution in [-0.2, 0) is 4.74 Å². The molecule has 0 aliphatic heterocycles. The van der Waals surface area contributed by atoms with E-state index < -0.39 is 0 Å². The summed E-state index contributed by atoms with van der Waals surface area (Å²) in [6, 6.07) is 0.349. The van der Waals surface area contributed by atoms with Crippen molar-refractivity contribution in [1.82, 2.24) is 5.32 Å². The third-order valence-electron chi connectivity index (χ3n) is 2.45. The molecule has 13 heavy (non-hydrogen) atoms. The smallest absolute Gasteiger partial charge is 0.407 e. The van der Waals surface area contributed by atoms with Gasteiger partial charge in [-0.3, -0.25) is 0 Å². The first kappa shape index (κ1) is 10.4. The Morgan fingerprint density at radius 2 is 1.92 bits per heavy atom. The lowest BCUT2D eigenvalue weighted by molar-refractivity contribution is 0.147. The topological polar surface area (TPSA) is 38.3 Å². The van der Waals surface area contributed by atoms with Crippen molar-refractivity contribution in [2.45, 2.75) is 51.5 Å². The molecular weight excluding hydrogens is 166 g/mol. The second kappa shape index (κ2) is 5.84. The lowest BCUT2D eigenvalue weighted by Crippen LogP contribution is -2.34. The third-order valence-corrected chi connectivity index (χ3v) is 2.45. The van der Waals surface area contributed by atoms with E-state index >= 15 is 0 Å². The second-order valence-corrected chi connectivity index (χ2v) is 3.55. The van der Waals surface area contributed by atoms with E-state index in [0.717, 1.165) is 12.8 Å². The molecule has 0 saturated heterocycles. The van der Waals surface area contributed by atoms with Crippen LogP contribution in [0.4, 0.5) is 4.79 Å². The molecule has 3 heteroatoms. The monoisotopic (exact) mass is 185 g/mol. The van der Waals surface area contributed by atoms with Crippen LogP contribution in [0.3, 0.4) is 0 Å². The van der Waals surface area contributed by atoms with Gasteiger partial charge in [-0.05, 0) is 19.8 Å². The SMILES string of the molecule is CCOC(=O)NC1CCCCCC1. The molecule has 76 valence electrons. The number of nitrogens with one attached hydrogen (secondary N) is 1. The molecule has 1 amide bonds. The van der Waals surface area contributed by atoms with Crippen molar-refractivity contribution in [2.24, 2.45) is 0 Å². The van der Waals surface area contributed by atoms with Crippen LogP contribution in [0.5, 0.6) is 0 Å². The van der Waals surface area contributed by atoms with Crippen LogP contribution in [-0.4, -0.2) is 18.7 Å². The summed E-state index contributed by atoms with van der Waals surface area (Å²) in [7, 11) is 0. The second-order valence-electron chi connectivity index (χ2n) is 3.55. The number of rotatable bonds is 2. The van der Waals surface area contributed by atoms with Gasteiger partial charge in [-0.15, -0.1) is 0 Å². The van der Waals surface area contributed by atoms with Crippen LogP contribution in [0.25, 0.3) is 0 Å². The average Bonchev–Trinajstić information content (AvgIpc) is 2.33. The van der Waals surface area contributed by atoms with Gasteiger partial charge in [0.1, 0.15) is 0 Å². The number of carbonyl (C=O) groups excluding carboxylic acids is 1. The van der Waals surface area contributed by atoms with E-state index in [9.17, 15) is 4.79 Å². The zero-order valence-electron chi connectivity index (χ0n) is 8.34. The predicted molar refractivity (Wildman–Crippen MR) is 51.6 cm³/mol. The fourth-order valence-electron chi connectivity index (χ4n) is 1.76. The number of hydrogen-bond donors (Lipinski definition) is 1. The highest BCUT2D eigenvalue weighted by molar-refractivity contribution is 5.67. The molecule has 1 N–H and O–H groups in total. The van der Waals surface area contributed by atoms with Gasteiger partial charge in [-0.2, -0.15) is 0 Å². The minimum absolute atomic E-state index is 0.255.